The zero-order chi connectivity index (χ0) is 19.1. The Labute approximate surface area is 160 Å². The van der Waals surface area contributed by atoms with Gasteiger partial charge >= 0.3 is 0 Å². The summed E-state index contributed by atoms with van der Waals surface area (Å²) >= 11 is 0. The SMILES string of the molecule is CCNC(=NCC1COc2ccccc2O1)NCCCn1nc(C)cc1C. The summed E-state index contributed by atoms with van der Waals surface area (Å²) in [6.45, 7) is 9.75. The Morgan fingerprint density at radius 3 is 2.81 bits per heavy atom. The molecule has 1 aromatic carbocycles. The van der Waals surface area contributed by atoms with E-state index < -0.39 is 0 Å². The van der Waals surface area contributed by atoms with E-state index in [-0.39, 0.29) is 6.10 Å². The maximum absolute atomic E-state index is 5.96. The van der Waals surface area contributed by atoms with Crippen LogP contribution in [0.3, 0.4) is 0 Å². The van der Waals surface area contributed by atoms with E-state index in [1.54, 1.807) is 0 Å². The molecule has 1 aliphatic rings. The van der Waals surface area contributed by atoms with Gasteiger partial charge in [0.15, 0.2) is 23.6 Å². The molecule has 2 heterocycles. The van der Waals surface area contributed by atoms with Crippen molar-refractivity contribution in [3.05, 3.63) is 41.7 Å². The highest BCUT2D eigenvalue weighted by Crippen LogP contribution is 2.30. The molecule has 7 nitrogen and oxygen atoms in total. The molecule has 1 unspecified atom stereocenters. The zero-order valence-corrected chi connectivity index (χ0v) is 16.4. The first-order chi connectivity index (χ1) is 13.2. The van der Waals surface area contributed by atoms with Crippen LogP contribution in [0.5, 0.6) is 11.5 Å². The van der Waals surface area contributed by atoms with Crippen molar-refractivity contribution < 1.29 is 9.47 Å². The van der Waals surface area contributed by atoms with E-state index in [0.717, 1.165) is 49.2 Å². The highest BCUT2D eigenvalue weighted by molar-refractivity contribution is 5.79. The van der Waals surface area contributed by atoms with Crippen LogP contribution in [-0.2, 0) is 6.54 Å². The third kappa shape index (κ3) is 5.39. The number of hydrogen-bond acceptors (Lipinski definition) is 4. The maximum atomic E-state index is 5.96. The standard InChI is InChI=1S/C20H29N5O2/c1-4-21-20(22-10-7-11-25-16(3)12-15(2)24-25)23-13-17-14-26-18-8-5-6-9-19(18)27-17/h5-6,8-9,12,17H,4,7,10-11,13-14H2,1-3H3,(H2,21,22,23). The molecule has 2 aromatic rings. The average molecular weight is 371 g/mol. The van der Waals surface area contributed by atoms with Crippen LogP contribution >= 0.6 is 0 Å². The Morgan fingerprint density at radius 2 is 2.07 bits per heavy atom. The second kappa shape index (κ2) is 9.30. The van der Waals surface area contributed by atoms with Crippen molar-refractivity contribution in [1.82, 2.24) is 20.4 Å². The number of nitrogens with zero attached hydrogens (tertiary/aromatic N) is 3. The van der Waals surface area contributed by atoms with Crippen LogP contribution in [0.1, 0.15) is 24.7 Å². The predicted molar refractivity (Wildman–Crippen MR) is 107 cm³/mol. The van der Waals surface area contributed by atoms with E-state index in [1.165, 1.54) is 5.69 Å². The van der Waals surface area contributed by atoms with Crippen molar-refractivity contribution in [2.24, 2.45) is 4.99 Å². The summed E-state index contributed by atoms with van der Waals surface area (Å²) in [4.78, 5) is 4.64. The highest BCUT2D eigenvalue weighted by Gasteiger charge is 2.20. The third-order valence-corrected chi connectivity index (χ3v) is 4.31. The van der Waals surface area contributed by atoms with Gasteiger partial charge in [0.2, 0.25) is 0 Å². The van der Waals surface area contributed by atoms with Crippen molar-refractivity contribution in [1.29, 1.82) is 0 Å². The van der Waals surface area contributed by atoms with Gasteiger partial charge in [0.05, 0.1) is 12.2 Å². The van der Waals surface area contributed by atoms with Crippen molar-refractivity contribution >= 4 is 5.96 Å². The molecule has 0 radical (unpaired) electrons. The lowest BCUT2D eigenvalue weighted by atomic mass is 10.2. The number of guanidine groups is 1. The number of benzene rings is 1. The average Bonchev–Trinajstić information content (AvgIpc) is 3.00. The van der Waals surface area contributed by atoms with Gasteiger partial charge in [-0.2, -0.15) is 5.10 Å². The van der Waals surface area contributed by atoms with Crippen LogP contribution in [-0.4, -0.2) is 48.1 Å². The molecule has 0 amide bonds. The van der Waals surface area contributed by atoms with E-state index >= 15 is 0 Å². The number of fused-ring (bicyclic) bond motifs is 1. The quantitative estimate of drug-likeness (QED) is 0.444. The van der Waals surface area contributed by atoms with Crippen molar-refractivity contribution in [3.63, 3.8) is 0 Å². The van der Waals surface area contributed by atoms with Gasteiger partial charge in [-0.15, -0.1) is 0 Å². The zero-order valence-electron chi connectivity index (χ0n) is 16.4. The molecular formula is C20H29N5O2. The van der Waals surface area contributed by atoms with Crippen molar-refractivity contribution in [2.45, 2.75) is 39.8 Å². The van der Waals surface area contributed by atoms with Gasteiger partial charge in [0.1, 0.15) is 6.61 Å². The van der Waals surface area contributed by atoms with Gasteiger partial charge < -0.3 is 20.1 Å². The molecule has 1 aliphatic heterocycles. The summed E-state index contributed by atoms with van der Waals surface area (Å²) in [5, 5.41) is 11.1. The van der Waals surface area contributed by atoms with Crippen LogP contribution in [0.2, 0.25) is 0 Å². The smallest absolute Gasteiger partial charge is 0.191 e. The number of nitrogens with one attached hydrogen (secondary N) is 2. The Morgan fingerprint density at radius 1 is 1.26 bits per heavy atom. The summed E-state index contributed by atoms with van der Waals surface area (Å²) in [5.41, 5.74) is 2.26. The fraction of sp³-hybridized carbons (Fsp3) is 0.500. The number of aliphatic imine (C=N–C) groups is 1. The fourth-order valence-corrected chi connectivity index (χ4v) is 3.02. The van der Waals surface area contributed by atoms with Gasteiger partial charge in [-0.05, 0) is 45.4 Å². The molecule has 0 spiro atoms. The summed E-state index contributed by atoms with van der Waals surface area (Å²) in [7, 11) is 0. The molecule has 2 N–H and O–H groups in total. The summed E-state index contributed by atoms with van der Waals surface area (Å²) < 4.78 is 13.8. The molecule has 0 saturated heterocycles. The van der Waals surface area contributed by atoms with Crippen LogP contribution in [0.4, 0.5) is 0 Å². The van der Waals surface area contributed by atoms with Gasteiger partial charge in [-0.1, -0.05) is 12.1 Å². The first-order valence-electron chi connectivity index (χ1n) is 9.57. The van der Waals surface area contributed by atoms with Crippen LogP contribution in [0.15, 0.2) is 35.3 Å². The molecular weight excluding hydrogens is 342 g/mol. The van der Waals surface area contributed by atoms with E-state index in [1.807, 2.05) is 35.9 Å². The topological polar surface area (TPSA) is 72.7 Å². The van der Waals surface area contributed by atoms with E-state index in [0.29, 0.717) is 13.2 Å². The Kier molecular flexibility index (Phi) is 6.57. The number of aromatic nitrogens is 2. The van der Waals surface area contributed by atoms with Gasteiger partial charge in [-0.3, -0.25) is 4.68 Å². The van der Waals surface area contributed by atoms with E-state index in [4.69, 9.17) is 9.47 Å². The number of rotatable bonds is 7. The molecule has 0 fully saturated rings. The Hall–Kier alpha value is -2.70. The lowest BCUT2D eigenvalue weighted by Crippen LogP contribution is -2.40. The molecule has 0 saturated carbocycles. The molecule has 7 heteroatoms. The maximum Gasteiger partial charge on any atom is 0.191 e. The number of para-hydroxylation sites is 2. The van der Waals surface area contributed by atoms with Crippen LogP contribution in [0.25, 0.3) is 0 Å². The minimum Gasteiger partial charge on any atom is -0.486 e. The predicted octanol–water partition coefficient (Wildman–Crippen LogP) is 2.29. The molecule has 1 aromatic heterocycles. The largest absolute Gasteiger partial charge is 0.486 e. The minimum atomic E-state index is -0.0787. The minimum absolute atomic E-state index is 0.0787. The molecule has 146 valence electrons. The molecule has 1 atom stereocenters. The van der Waals surface area contributed by atoms with Crippen LogP contribution < -0.4 is 20.1 Å². The lowest BCUT2D eigenvalue weighted by Gasteiger charge is -2.25. The van der Waals surface area contributed by atoms with E-state index in [9.17, 15) is 0 Å². The van der Waals surface area contributed by atoms with Gasteiger partial charge in [-0.25, -0.2) is 4.99 Å². The third-order valence-electron chi connectivity index (χ3n) is 4.31. The summed E-state index contributed by atoms with van der Waals surface area (Å²) in [6, 6.07) is 9.84. The first-order valence-corrected chi connectivity index (χ1v) is 9.57. The van der Waals surface area contributed by atoms with Crippen LogP contribution in [0, 0.1) is 13.8 Å². The number of aryl methyl sites for hydroxylation is 3. The van der Waals surface area contributed by atoms with Gasteiger partial charge in [0, 0.05) is 25.3 Å². The highest BCUT2D eigenvalue weighted by atomic mass is 16.6. The second-order valence-corrected chi connectivity index (χ2v) is 6.65. The molecule has 0 aliphatic carbocycles. The van der Waals surface area contributed by atoms with E-state index in [2.05, 4.69) is 40.6 Å². The molecule has 0 bridgehead atoms. The summed E-state index contributed by atoms with van der Waals surface area (Å²) in [6.07, 6.45) is 0.896. The lowest BCUT2D eigenvalue weighted by molar-refractivity contribution is 0.0971. The molecule has 3 rings (SSSR count). The first kappa shape index (κ1) is 19.1. The second-order valence-electron chi connectivity index (χ2n) is 6.65. The van der Waals surface area contributed by atoms with Gasteiger partial charge in [0.25, 0.3) is 0 Å². The fourth-order valence-electron chi connectivity index (χ4n) is 3.02. The van der Waals surface area contributed by atoms with Crippen molar-refractivity contribution in [3.8, 4) is 11.5 Å². The number of ether oxygens (including phenoxy) is 2. The Bertz CT molecular complexity index is 771. The van der Waals surface area contributed by atoms with Crippen molar-refractivity contribution in [2.75, 3.05) is 26.2 Å². The molecule has 27 heavy (non-hydrogen) atoms. The Balaban J connectivity index is 1.46. The summed E-state index contributed by atoms with van der Waals surface area (Å²) in [5.74, 6) is 2.38. The normalized spacial score (nSPS) is 16.3. The number of hydrogen-bond donors (Lipinski definition) is 2. The monoisotopic (exact) mass is 371 g/mol.